The Kier molecular flexibility index (Phi) is 3.33. The summed E-state index contributed by atoms with van der Waals surface area (Å²) in [6.45, 7) is 0. The molecule has 1 aromatic heterocycles. The molecular formula is C14H10N2O2S2. The molecule has 0 atom stereocenters. The van der Waals surface area contributed by atoms with Gasteiger partial charge < -0.3 is 10.1 Å². The summed E-state index contributed by atoms with van der Waals surface area (Å²) in [5.41, 5.74) is 1.42. The maximum absolute atomic E-state index is 12.4. The van der Waals surface area contributed by atoms with Gasteiger partial charge in [-0.2, -0.15) is 0 Å². The first kappa shape index (κ1) is 13.0. The van der Waals surface area contributed by atoms with Gasteiger partial charge in [-0.05, 0) is 30.3 Å². The van der Waals surface area contributed by atoms with Gasteiger partial charge in [0.15, 0.2) is 4.32 Å². The topological polar surface area (TPSA) is 56.3 Å². The smallest absolute Gasteiger partial charge is 0.270 e. The molecule has 0 radical (unpaired) electrons. The van der Waals surface area contributed by atoms with Gasteiger partial charge in [0.05, 0.1) is 10.6 Å². The number of nitrogens with zero attached hydrogens (tertiary/aromatic N) is 1. The zero-order valence-electron chi connectivity index (χ0n) is 10.2. The van der Waals surface area contributed by atoms with Crippen LogP contribution in [0.3, 0.4) is 0 Å². The Morgan fingerprint density at radius 1 is 1.30 bits per heavy atom. The maximum Gasteiger partial charge on any atom is 0.270 e. The van der Waals surface area contributed by atoms with Crippen LogP contribution in [0.4, 0.5) is 5.69 Å². The van der Waals surface area contributed by atoms with Gasteiger partial charge in [0, 0.05) is 18.0 Å². The summed E-state index contributed by atoms with van der Waals surface area (Å²) in [5.74, 6) is -0.0786. The zero-order chi connectivity index (χ0) is 14.1. The van der Waals surface area contributed by atoms with E-state index < -0.39 is 0 Å². The minimum Gasteiger partial charge on any atom is -0.508 e. The van der Waals surface area contributed by atoms with Gasteiger partial charge in [-0.3, -0.25) is 9.69 Å². The van der Waals surface area contributed by atoms with E-state index in [1.807, 2.05) is 12.1 Å². The van der Waals surface area contributed by atoms with Gasteiger partial charge in [-0.1, -0.05) is 30.0 Å². The van der Waals surface area contributed by atoms with E-state index in [0.29, 0.717) is 14.9 Å². The predicted octanol–water partition coefficient (Wildman–Crippen LogP) is 3.13. The normalized spacial score (nSPS) is 17.2. The third-order valence-corrected chi connectivity index (χ3v) is 4.09. The average molecular weight is 302 g/mol. The molecule has 4 nitrogen and oxygen atoms in total. The number of anilines is 1. The second kappa shape index (κ2) is 5.15. The quantitative estimate of drug-likeness (QED) is 0.661. The second-order valence-electron chi connectivity index (χ2n) is 4.16. The van der Waals surface area contributed by atoms with Crippen LogP contribution >= 0.6 is 24.0 Å². The number of aromatic amines is 1. The van der Waals surface area contributed by atoms with E-state index in [1.165, 1.54) is 22.7 Å². The minimum atomic E-state index is -0.180. The number of carbonyl (C=O) groups is 1. The Morgan fingerprint density at radius 2 is 2.15 bits per heavy atom. The molecule has 1 saturated heterocycles. The van der Waals surface area contributed by atoms with Crippen LogP contribution in [0.25, 0.3) is 6.08 Å². The fraction of sp³-hybridized carbons (Fsp3) is 0. The van der Waals surface area contributed by atoms with Crippen molar-refractivity contribution in [3.8, 4) is 5.75 Å². The molecule has 0 unspecified atom stereocenters. The number of phenolic OH excluding ortho intramolecular Hbond substituents is 1. The Bertz CT molecular complexity index is 708. The summed E-state index contributed by atoms with van der Waals surface area (Å²) >= 11 is 6.50. The van der Waals surface area contributed by atoms with Gasteiger partial charge in [0.2, 0.25) is 0 Å². The van der Waals surface area contributed by atoms with Crippen molar-refractivity contribution in [3.05, 3.63) is 53.2 Å². The second-order valence-corrected chi connectivity index (χ2v) is 5.84. The number of hydrogen-bond acceptors (Lipinski definition) is 4. The fourth-order valence-corrected chi connectivity index (χ4v) is 3.19. The van der Waals surface area contributed by atoms with Crippen LogP contribution < -0.4 is 4.90 Å². The highest BCUT2D eigenvalue weighted by atomic mass is 32.2. The molecule has 2 heterocycles. The summed E-state index contributed by atoms with van der Waals surface area (Å²) < 4.78 is 0.457. The van der Waals surface area contributed by atoms with E-state index in [2.05, 4.69) is 4.98 Å². The lowest BCUT2D eigenvalue weighted by atomic mass is 10.2. The molecule has 1 aromatic carbocycles. The van der Waals surface area contributed by atoms with Crippen molar-refractivity contribution in [3.63, 3.8) is 0 Å². The summed E-state index contributed by atoms with van der Waals surface area (Å²) in [5, 5.41) is 9.51. The first-order chi connectivity index (χ1) is 9.65. The number of thiocarbonyl (C=S) groups is 1. The van der Waals surface area contributed by atoms with Crippen LogP contribution in [0.1, 0.15) is 5.69 Å². The van der Waals surface area contributed by atoms with Crippen LogP contribution in [0.2, 0.25) is 0 Å². The number of nitrogens with one attached hydrogen (secondary N) is 1. The van der Waals surface area contributed by atoms with Crippen molar-refractivity contribution in [2.75, 3.05) is 4.90 Å². The molecule has 3 rings (SSSR count). The molecule has 2 N–H and O–H groups in total. The number of amides is 1. The molecule has 0 saturated carbocycles. The molecule has 6 heteroatoms. The highest BCUT2D eigenvalue weighted by molar-refractivity contribution is 8.27. The van der Waals surface area contributed by atoms with Crippen molar-refractivity contribution < 1.29 is 9.90 Å². The highest BCUT2D eigenvalue weighted by Gasteiger charge is 2.33. The maximum atomic E-state index is 12.4. The number of aromatic hydroxyl groups is 1. The Morgan fingerprint density at radius 3 is 2.85 bits per heavy atom. The Balaban J connectivity index is 1.95. The monoisotopic (exact) mass is 302 g/mol. The standard InChI is InChI=1S/C14H10N2O2S2/c17-11-5-1-4-10(8-11)16-13(18)12(20-14(16)19)7-9-3-2-6-15-9/h1-8,15,17H/b12-7-. The van der Waals surface area contributed by atoms with Gasteiger partial charge >= 0.3 is 0 Å². The molecule has 100 valence electrons. The summed E-state index contributed by atoms with van der Waals surface area (Å²) in [7, 11) is 0. The predicted molar refractivity (Wildman–Crippen MR) is 84.6 cm³/mol. The Labute approximate surface area is 125 Å². The largest absolute Gasteiger partial charge is 0.508 e. The molecule has 1 aliphatic rings. The van der Waals surface area contributed by atoms with Crippen molar-refractivity contribution in [1.82, 2.24) is 4.98 Å². The van der Waals surface area contributed by atoms with Crippen LogP contribution in [0.5, 0.6) is 5.75 Å². The molecule has 1 fully saturated rings. The molecule has 20 heavy (non-hydrogen) atoms. The fourth-order valence-electron chi connectivity index (χ4n) is 1.90. The number of benzene rings is 1. The van der Waals surface area contributed by atoms with Crippen molar-refractivity contribution in [2.24, 2.45) is 0 Å². The third kappa shape index (κ3) is 2.35. The average Bonchev–Trinajstić information content (AvgIpc) is 2.99. The highest BCUT2D eigenvalue weighted by Crippen LogP contribution is 2.36. The lowest BCUT2D eigenvalue weighted by Gasteiger charge is -2.14. The molecule has 1 aliphatic heterocycles. The van der Waals surface area contributed by atoms with Crippen molar-refractivity contribution >= 4 is 46.0 Å². The zero-order valence-corrected chi connectivity index (χ0v) is 11.9. The minimum absolute atomic E-state index is 0.102. The molecule has 0 bridgehead atoms. The summed E-state index contributed by atoms with van der Waals surface area (Å²) in [4.78, 5) is 17.4. The van der Waals surface area contributed by atoms with E-state index >= 15 is 0 Å². The third-order valence-electron chi connectivity index (χ3n) is 2.79. The number of carbonyl (C=O) groups excluding carboxylic acids is 1. The molecule has 0 aliphatic carbocycles. The van der Waals surface area contributed by atoms with Crippen LogP contribution in [0, 0.1) is 0 Å². The number of thioether (sulfide) groups is 1. The summed E-state index contributed by atoms with van der Waals surface area (Å²) in [6, 6.07) is 10.2. The molecule has 1 amide bonds. The van der Waals surface area contributed by atoms with E-state index in [-0.39, 0.29) is 11.7 Å². The molecular weight excluding hydrogens is 292 g/mol. The first-order valence-electron chi connectivity index (χ1n) is 5.85. The Hall–Kier alpha value is -2.05. The van der Waals surface area contributed by atoms with E-state index in [9.17, 15) is 9.90 Å². The number of phenols is 1. The number of H-pyrrole nitrogens is 1. The summed E-state index contributed by atoms with van der Waals surface area (Å²) in [6.07, 6.45) is 3.56. The lowest BCUT2D eigenvalue weighted by Crippen LogP contribution is -2.27. The van der Waals surface area contributed by atoms with E-state index in [1.54, 1.807) is 30.5 Å². The SMILES string of the molecule is O=C1/C(=C/c2ccc[nH]2)SC(=S)N1c1cccc(O)c1. The van der Waals surface area contributed by atoms with Crippen LogP contribution in [-0.2, 0) is 4.79 Å². The number of aromatic nitrogens is 1. The van der Waals surface area contributed by atoms with Crippen molar-refractivity contribution in [2.45, 2.75) is 0 Å². The lowest BCUT2D eigenvalue weighted by molar-refractivity contribution is -0.113. The van der Waals surface area contributed by atoms with Gasteiger partial charge in [-0.15, -0.1) is 0 Å². The van der Waals surface area contributed by atoms with Crippen molar-refractivity contribution in [1.29, 1.82) is 0 Å². The first-order valence-corrected chi connectivity index (χ1v) is 7.08. The van der Waals surface area contributed by atoms with Crippen LogP contribution in [0.15, 0.2) is 47.5 Å². The number of hydrogen-bond donors (Lipinski definition) is 2. The van der Waals surface area contributed by atoms with E-state index in [0.717, 1.165) is 5.69 Å². The van der Waals surface area contributed by atoms with Gasteiger partial charge in [-0.25, -0.2) is 0 Å². The van der Waals surface area contributed by atoms with Gasteiger partial charge in [0.25, 0.3) is 5.91 Å². The van der Waals surface area contributed by atoms with E-state index in [4.69, 9.17) is 12.2 Å². The van der Waals surface area contributed by atoms with Gasteiger partial charge in [0.1, 0.15) is 5.75 Å². The van der Waals surface area contributed by atoms with Crippen LogP contribution in [-0.4, -0.2) is 20.3 Å². The molecule has 0 spiro atoms. The number of rotatable bonds is 2. The molecule has 2 aromatic rings.